The maximum absolute atomic E-state index is 13.0. The predicted octanol–water partition coefficient (Wildman–Crippen LogP) is 3.60. The minimum atomic E-state index is -0.197. The molecule has 2 aromatic rings. The quantitative estimate of drug-likeness (QED) is 0.832. The summed E-state index contributed by atoms with van der Waals surface area (Å²) in [4.78, 5) is 0. The van der Waals surface area contributed by atoms with Gasteiger partial charge in [0.05, 0.1) is 6.61 Å². The lowest BCUT2D eigenvalue weighted by atomic mass is 9.96. The molecular weight excluding hydrogens is 253 g/mol. The maximum atomic E-state index is 13.0. The van der Waals surface area contributed by atoms with Gasteiger partial charge in [0, 0.05) is 6.54 Å². The summed E-state index contributed by atoms with van der Waals surface area (Å²) in [6.45, 7) is 1.50. The first-order valence-corrected chi connectivity index (χ1v) is 6.87. The van der Waals surface area contributed by atoms with Gasteiger partial charge in [0.2, 0.25) is 0 Å². The number of halogens is 1. The van der Waals surface area contributed by atoms with Crippen LogP contribution in [0.5, 0.6) is 5.75 Å². The van der Waals surface area contributed by atoms with Gasteiger partial charge in [-0.1, -0.05) is 30.3 Å². The van der Waals surface area contributed by atoms with Crippen molar-refractivity contribution in [3.8, 4) is 5.75 Å². The van der Waals surface area contributed by atoms with E-state index in [2.05, 4.69) is 5.32 Å². The van der Waals surface area contributed by atoms with Gasteiger partial charge >= 0.3 is 0 Å². The molecule has 0 aromatic heterocycles. The van der Waals surface area contributed by atoms with Gasteiger partial charge in [-0.3, -0.25) is 0 Å². The van der Waals surface area contributed by atoms with Crippen LogP contribution >= 0.6 is 0 Å². The zero-order valence-corrected chi connectivity index (χ0v) is 11.7. The van der Waals surface area contributed by atoms with Crippen LogP contribution in [0, 0.1) is 5.82 Å². The summed E-state index contributed by atoms with van der Waals surface area (Å²) in [5, 5.41) is 3.18. The molecule has 0 bridgehead atoms. The van der Waals surface area contributed by atoms with Gasteiger partial charge in [0.15, 0.2) is 0 Å². The molecule has 0 aliphatic rings. The summed E-state index contributed by atoms with van der Waals surface area (Å²) < 4.78 is 18.7. The van der Waals surface area contributed by atoms with Crippen molar-refractivity contribution in [2.24, 2.45) is 0 Å². The lowest BCUT2D eigenvalue weighted by Gasteiger charge is -2.17. The topological polar surface area (TPSA) is 21.3 Å². The normalized spacial score (nSPS) is 12.1. The van der Waals surface area contributed by atoms with E-state index in [0.29, 0.717) is 12.5 Å². The Bertz CT molecular complexity index is 498. The summed E-state index contributed by atoms with van der Waals surface area (Å²) in [5.74, 6) is 1.01. The zero-order chi connectivity index (χ0) is 14.2. The zero-order valence-electron chi connectivity index (χ0n) is 11.7. The van der Waals surface area contributed by atoms with Gasteiger partial charge in [0.25, 0.3) is 0 Å². The van der Waals surface area contributed by atoms with Crippen LogP contribution in [0.15, 0.2) is 54.6 Å². The van der Waals surface area contributed by atoms with Crippen LogP contribution in [-0.2, 0) is 0 Å². The molecule has 0 aliphatic heterocycles. The Morgan fingerprint density at radius 3 is 2.40 bits per heavy atom. The lowest BCUT2D eigenvalue weighted by molar-refractivity contribution is 0.296. The summed E-state index contributed by atoms with van der Waals surface area (Å²) in [6.07, 6.45) is 0.890. The first kappa shape index (κ1) is 14.5. The summed E-state index contributed by atoms with van der Waals surface area (Å²) in [6, 6.07) is 16.5. The van der Waals surface area contributed by atoms with E-state index in [-0.39, 0.29) is 5.82 Å². The lowest BCUT2D eigenvalue weighted by Crippen LogP contribution is -2.19. The first-order valence-electron chi connectivity index (χ1n) is 6.87. The van der Waals surface area contributed by atoms with E-state index in [0.717, 1.165) is 24.3 Å². The minimum Gasteiger partial charge on any atom is -0.494 e. The molecule has 0 heterocycles. The molecule has 0 spiro atoms. The molecule has 0 saturated carbocycles. The van der Waals surface area contributed by atoms with Crippen LogP contribution in [0.4, 0.5) is 4.39 Å². The second-order valence-corrected chi connectivity index (χ2v) is 4.76. The van der Waals surface area contributed by atoms with Gasteiger partial charge in [-0.2, -0.15) is 0 Å². The Morgan fingerprint density at radius 2 is 1.75 bits per heavy atom. The largest absolute Gasteiger partial charge is 0.494 e. The molecule has 2 rings (SSSR count). The van der Waals surface area contributed by atoms with E-state index in [1.54, 1.807) is 0 Å². The van der Waals surface area contributed by atoms with Crippen molar-refractivity contribution in [1.82, 2.24) is 5.32 Å². The smallest absolute Gasteiger partial charge is 0.123 e. The van der Waals surface area contributed by atoms with Crippen molar-refractivity contribution in [3.63, 3.8) is 0 Å². The first-order chi connectivity index (χ1) is 9.79. The third kappa shape index (κ3) is 4.35. The monoisotopic (exact) mass is 273 g/mol. The molecule has 0 amide bonds. The molecule has 106 valence electrons. The van der Waals surface area contributed by atoms with Crippen LogP contribution < -0.4 is 10.1 Å². The van der Waals surface area contributed by atoms with Crippen molar-refractivity contribution in [2.75, 3.05) is 20.2 Å². The molecule has 3 heteroatoms. The maximum Gasteiger partial charge on any atom is 0.123 e. The fourth-order valence-electron chi connectivity index (χ4n) is 2.20. The van der Waals surface area contributed by atoms with Gasteiger partial charge in [0.1, 0.15) is 11.6 Å². The van der Waals surface area contributed by atoms with Crippen LogP contribution in [0.25, 0.3) is 0 Å². The van der Waals surface area contributed by atoms with Crippen molar-refractivity contribution in [3.05, 3.63) is 66.0 Å². The Balaban J connectivity index is 1.90. The molecule has 1 unspecified atom stereocenters. The molecule has 0 radical (unpaired) electrons. The van der Waals surface area contributed by atoms with Crippen molar-refractivity contribution in [1.29, 1.82) is 0 Å². The molecule has 0 saturated heterocycles. The highest BCUT2D eigenvalue weighted by Crippen LogP contribution is 2.20. The molecule has 0 aliphatic carbocycles. The number of hydrogen-bond acceptors (Lipinski definition) is 2. The number of hydrogen-bond donors (Lipinski definition) is 1. The van der Waals surface area contributed by atoms with Crippen molar-refractivity contribution >= 4 is 0 Å². The van der Waals surface area contributed by atoms with Crippen LogP contribution in [0.3, 0.4) is 0 Å². The Kier molecular flexibility index (Phi) is 5.56. The van der Waals surface area contributed by atoms with E-state index < -0.39 is 0 Å². The highest BCUT2D eigenvalue weighted by Gasteiger charge is 2.11. The van der Waals surface area contributed by atoms with Gasteiger partial charge in [-0.15, -0.1) is 0 Å². The molecule has 1 N–H and O–H groups in total. The molecule has 1 atom stereocenters. The van der Waals surface area contributed by atoms with Gasteiger partial charge in [-0.05, 0) is 49.2 Å². The number of rotatable bonds is 7. The molecule has 2 nitrogen and oxygen atoms in total. The number of benzene rings is 2. The van der Waals surface area contributed by atoms with E-state index in [1.807, 2.05) is 49.5 Å². The van der Waals surface area contributed by atoms with Crippen LogP contribution in [-0.4, -0.2) is 20.2 Å². The number of para-hydroxylation sites is 1. The van der Waals surface area contributed by atoms with Crippen molar-refractivity contribution < 1.29 is 9.13 Å². The summed E-state index contributed by atoms with van der Waals surface area (Å²) >= 11 is 0. The standard InChI is InChI=1S/C17H20FNO/c1-19-13-15(14-7-9-16(18)10-8-14)11-12-20-17-5-3-2-4-6-17/h2-10,15,19H,11-13H2,1H3. The number of likely N-dealkylation sites (N-methyl/N-ethyl adjacent to an activating group) is 1. The van der Waals surface area contributed by atoms with Crippen LogP contribution in [0.1, 0.15) is 17.9 Å². The second-order valence-electron chi connectivity index (χ2n) is 4.76. The number of ether oxygens (including phenoxy) is 1. The molecular formula is C17H20FNO. The SMILES string of the molecule is CNCC(CCOc1ccccc1)c1ccc(F)cc1. The third-order valence-corrected chi connectivity index (χ3v) is 3.27. The molecule has 20 heavy (non-hydrogen) atoms. The Hall–Kier alpha value is -1.87. The van der Waals surface area contributed by atoms with E-state index >= 15 is 0 Å². The summed E-state index contributed by atoms with van der Waals surface area (Å²) in [5.41, 5.74) is 1.14. The predicted molar refractivity (Wildman–Crippen MR) is 79.6 cm³/mol. The average Bonchev–Trinajstić information content (AvgIpc) is 2.48. The third-order valence-electron chi connectivity index (χ3n) is 3.27. The summed E-state index contributed by atoms with van der Waals surface area (Å²) in [7, 11) is 1.93. The highest BCUT2D eigenvalue weighted by atomic mass is 19.1. The number of nitrogens with one attached hydrogen (secondary N) is 1. The Morgan fingerprint density at radius 1 is 1.05 bits per heavy atom. The Labute approximate surface area is 119 Å². The van der Waals surface area contributed by atoms with E-state index in [4.69, 9.17) is 4.74 Å². The van der Waals surface area contributed by atoms with Gasteiger partial charge < -0.3 is 10.1 Å². The van der Waals surface area contributed by atoms with Crippen LogP contribution in [0.2, 0.25) is 0 Å². The van der Waals surface area contributed by atoms with Crippen molar-refractivity contribution in [2.45, 2.75) is 12.3 Å². The fraction of sp³-hybridized carbons (Fsp3) is 0.294. The van der Waals surface area contributed by atoms with E-state index in [9.17, 15) is 4.39 Å². The fourth-order valence-corrected chi connectivity index (χ4v) is 2.20. The second kappa shape index (κ2) is 7.65. The minimum absolute atomic E-state index is 0.197. The molecule has 2 aromatic carbocycles. The van der Waals surface area contributed by atoms with E-state index in [1.165, 1.54) is 12.1 Å². The average molecular weight is 273 g/mol. The van der Waals surface area contributed by atoms with Gasteiger partial charge in [-0.25, -0.2) is 4.39 Å². The highest BCUT2D eigenvalue weighted by molar-refractivity contribution is 5.22. The molecule has 0 fully saturated rings.